The van der Waals surface area contributed by atoms with Gasteiger partial charge in [-0.1, -0.05) is 34.1 Å². The van der Waals surface area contributed by atoms with E-state index in [4.69, 9.17) is 0 Å². The Morgan fingerprint density at radius 3 is 2.95 bits per heavy atom. The van der Waals surface area contributed by atoms with Crippen LogP contribution in [0.15, 0.2) is 46.3 Å². The summed E-state index contributed by atoms with van der Waals surface area (Å²) in [6.45, 7) is 0. The molecular formula is C13H9BrN4OS. The van der Waals surface area contributed by atoms with Gasteiger partial charge in [-0.05, 0) is 23.6 Å². The molecule has 0 aliphatic rings. The van der Waals surface area contributed by atoms with Crippen molar-refractivity contribution < 1.29 is 4.79 Å². The van der Waals surface area contributed by atoms with Crippen LogP contribution < -0.4 is 5.32 Å². The highest BCUT2D eigenvalue weighted by molar-refractivity contribution is 9.10. The van der Waals surface area contributed by atoms with Gasteiger partial charge in [0.25, 0.3) is 5.91 Å². The van der Waals surface area contributed by atoms with Gasteiger partial charge in [0.15, 0.2) is 5.82 Å². The summed E-state index contributed by atoms with van der Waals surface area (Å²) >= 11 is 4.77. The van der Waals surface area contributed by atoms with Crippen molar-refractivity contribution >= 4 is 39.1 Å². The number of H-pyrrole nitrogens is 1. The van der Waals surface area contributed by atoms with Crippen LogP contribution in [0.2, 0.25) is 0 Å². The lowest BCUT2D eigenvalue weighted by molar-refractivity contribution is 0.102. The topological polar surface area (TPSA) is 70.7 Å². The zero-order valence-electron chi connectivity index (χ0n) is 10.1. The number of aromatic nitrogens is 3. The van der Waals surface area contributed by atoms with Crippen LogP contribution in [0.4, 0.5) is 5.95 Å². The quantitative estimate of drug-likeness (QED) is 0.760. The third kappa shape index (κ3) is 2.78. The van der Waals surface area contributed by atoms with Crippen LogP contribution >= 0.6 is 27.3 Å². The van der Waals surface area contributed by atoms with E-state index in [0.29, 0.717) is 10.7 Å². The maximum Gasteiger partial charge on any atom is 0.268 e. The van der Waals surface area contributed by atoms with Gasteiger partial charge in [0.2, 0.25) is 5.95 Å². The Labute approximate surface area is 127 Å². The third-order valence-electron chi connectivity index (χ3n) is 2.55. The summed E-state index contributed by atoms with van der Waals surface area (Å²) in [5.41, 5.74) is 0.892. The van der Waals surface area contributed by atoms with Crippen molar-refractivity contribution in [2.24, 2.45) is 0 Å². The maximum absolute atomic E-state index is 11.9. The molecule has 20 heavy (non-hydrogen) atoms. The highest BCUT2D eigenvalue weighted by Crippen LogP contribution is 2.20. The first-order valence-electron chi connectivity index (χ1n) is 5.75. The van der Waals surface area contributed by atoms with Crippen molar-refractivity contribution in [2.45, 2.75) is 0 Å². The Kier molecular flexibility index (Phi) is 3.62. The van der Waals surface area contributed by atoms with Crippen LogP contribution in [0.3, 0.4) is 0 Å². The van der Waals surface area contributed by atoms with Crippen LogP contribution in [0.1, 0.15) is 9.67 Å². The molecule has 2 N–H and O–H groups in total. The molecule has 3 aromatic rings. The summed E-state index contributed by atoms with van der Waals surface area (Å²) in [5.74, 6) is 0.658. The lowest BCUT2D eigenvalue weighted by Gasteiger charge is -1.97. The Morgan fingerprint density at radius 2 is 2.20 bits per heavy atom. The van der Waals surface area contributed by atoms with E-state index in [1.165, 1.54) is 11.3 Å². The van der Waals surface area contributed by atoms with E-state index in [1.54, 1.807) is 6.07 Å². The minimum Gasteiger partial charge on any atom is -0.288 e. The lowest BCUT2D eigenvalue weighted by Crippen LogP contribution is -2.11. The number of carbonyl (C=O) groups is 1. The van der Waals surface area contributed by atoms with E-state index in [1.807, 2.05) is 35.7 Å². The second kappa shape index (κ2) is 5.56. The number of halogens is 1. The standard InChI is InChI=1S/C13H9BrN4OS/c14-9-4-1-3-8(7-9)11-15-13(18-17-11)16-12(19)10-5-2-6-20-10/h1-7H,(H2,15,16,17,18,19). The molecule has 0 aliphatic carbocycles. The first kappa shape index (κ1) is 13.0. The number of anilines is 1. The number of benzene rings is 1. The van der Waals surface area contributed by atoms with E-state index < -0.39 is 0 Å². The molecule has 2 aromatic heterocycles. The first-order chi connectivity index (χ1) is 9.72. The summed E-state index contributed by atoms with van der Waals surface area (Å²) in [5, 5.41) is 11.3. The number of aromatic amines is 1. The normalized spacial score (nSPS) is 10.4. The molecule has 0 radical (unpaired) electrons. The van der Waals surface area contributed by atoms with Gasteiger partial charge in [-0.15, -0.1) is 16.4 Å². The van der Waals surface area contributed by atoms with Crippen molar-refractivity contribution in [3.63, 3.8) is 0 Å². The molecule has 0 aliphatic heterocycles. The Bertz CT molecular complexity index is 738. The van der Waals surface area contributed by atoms with Gasteiger partial charge in [-0.3, -0.25) is 15.2 Å². The molecule has 0 saturated heterocycles. The predicted octanol–water partition coefficient (Wildman–Crippen LogP) is 3.55. The van der Waals surface area contributed by atoms with Crippen molar-refractivity contribution in [1.82, 2.24) is 15.2 Å². The lowest BCUT2D eigenvalue weighted by atomic mass is 10.2. The molecule has 5 nitrogen and oxygen atoms in total. The number of hydrogen-bond donors (Lipinski definition) is 2. The van der Waals surface area contributed by atoms with E-state index in [9.17, 15) is 4.79 Å². The van der Waals surface area contributed by atoms with E-state index in [-0.39, 0.29) is 11.9 Å². The molecule has 0 bridgehead atoms. The van der Waals surface area contributed by atoms with Crippen LogP contribution in [-0.2, 0) is 0 Å². The molecule has 0 spiro atoms. The van der Waals surface area contributed by atoms with Crippen LogP contribution in [0, 0.1) is 0 Å². The SMILES string of the molecule is O=C(Nc1n[nH]c(-c2cccc(Br)c2)n1)c1cccs1. The predicted molar refractivity (Wildman–Crippen MR) is 81.8 cm³/mol. The van der Waals surface area contributed by atoms with E-state index >= 15 is 0 Å². The number of hydrogen-bond acceptors (Lipinski definition) is 4. The van der Waals surface area contributed by atoms with Gasteiger partial charge in [-0.25, -0.2) is 0 Å². The fourth-order valence-electron chi connectivity index (χ4n) is 1.65. The molecule has 0 saturated carbocycles. The van der Waals surface area contributed by atoms with Gasteiger partial charge in [-0.2, -0.15) is 4.98 Å². The minimum atomic E-state index is -0.209. The third-order valence-corrected chi connectivity index (χ3v) is 3.92. The highest BCUT2D eigenvalue weighted by Gasteiger charge is 2.11. The summed E-state index contributed by atoms with van der Waals surface area (Å²) in [7, 11) is 0. The van der Waals surface area contributed by atoms with Crippen LogP contribution in [0.5, 0.6) is 0 Å². The average molecular weight is 349 g/mol. The van der Waals surface area contributed by atoms with Gasteiger partial charge in [0.1, 0.15) is 0 Å². The Morgan fingerprint density at radius 1 is 1.30 bits per heavy atom. The molecule has 0 fully saturated rings. The fourth-order valence-corrected chi connectivity index (χ4v) is 2.67. The average Bonchev–Trinajstić information content (AvgIpc) is 3.10. The largest absolute Gasteiger partial charge is 0.288 e. The maximum atomic E-state index is 11.9. The highest BCUT2D eigenvalue weighted by atomic mass is 79.9. The number of amides is 1. The number of carbonyl (C=O) groups excluding carboxylic acids is 1. The second-order valence-corrected chi connectivity index (χ2v) is 5.81. The summed E-state index contributed by atoms with van der Waals surface area (Å²) in [6, 6.07) is 11.2. The Hall–Kier alpha value is -1.99. The van der Waals surface area contributed by atoms with E-state index in [0.717, 1.165) is 10.0 Å². The molecule has 0 unspecified atom stereocenters. The molecule has 100 valence electrons. The fraction of sp³-hybridized carbons (Fsp3) is 0. The number of thiophene rings is 1. The number of nitrogens with one attached hydrogen (secondary N) is 2. The van der Waals surface area contributed by atoms with Gasteiger partial charge in [0, 0.05) is 10.0 Å². The van der Waals surface area contributed by atoms with Crippen molar-refractivity contribution in [3.8, 4) is 11.4 Å². The minimum absolute atomic E-state index is 0.209. The van der Waals surface area contributed by atoms with Gasteiger partial charge >= 0.3 is 0 Å². The smallest absolute Gasteiger partial charge is 0.268 e. The second-order valence-electron chi connectivity index (χ2n) is 3.95. The zero-order chi connectivity index (χ0) is 13.9. The summed E-state index contributed by atoms with van der Waals surface area (Å²) in [6.07, 6.45) is 0. The van der Waals surface area contributed by atoms with Crippen molar-refractivity contribution in [2.75, 3.05) is 5.32 Å². The van der Waals surface area contributed by atoms with Gasteiger partial charge in [0.05, 0.1) is 4.88 Å². The monoisotopic (exact) mass is 348 g/mol. The van der Waals surface area contributed by atoms with Crippen LogP contribution in [-0.4, -0.2) is 21.1 Å². The molecule has 0 atom stereocenters. The molecule has 7 heteroatoms. The number of nitrogens with zero attached hydrogens (tertiary/aromatic N) is 2. The molecular weight excluding hydrogens is 340 g/mol. The van der Waals surface area contributed by atoms with Gasteiger partial charge < -0.3 is 0 Å². The molecule has 1 amide bonds. The first-order valence-corrected chi connectivity index (χ1v) is 7.43. The summed E-state index contributed by atoms with van der Waals surface area (Å²) in [4.78, 5) is 16.8. The van der Waals surface area contributed by atoms with Crippen molar-refractivity contribution in [1.29, 1.82) is 0 Å². The Balaban J connectivity index is 1.79. The zero-order valence-corrected chi connectivity index (χ0v) is 12.5. The van der Waals surface area contributed by atoms with Crippen molar-refractivity contribution in [3.05, 3.63) is 51.1 Å². The van der Waals surface area contributed by atoms with E-state index in [2.05, 4.69) is 36.4 Å². The number of rotatable bonds is 3. The summed E-state index contributed by atoms with van der Waals surface area (Å²) < 4.78 is 0.954. The molecule has 3 rings (SSSR count). The molecule has 2 heterocycles. The molecule has 1 aromatic carbocycles. The van der Waals surface area contributed by atoms with Crippen LogP contribution in [0.25, 0.3) is 11.4 Å².